The Kier molecular flexibility index (Phi) is 4.95. The first-order valence-electron chi connectivity index (χ1n) is 6.38. The van der Waals surface area contributed by atoms with E-state index in [-0.39, 0.29) is 11.6 Å². The second-order valence-corrected chi connectivity index (χ2v) is 4.85. The monoisotopic (exact) mass is 319 g/mol. The SMILES string of the molecule is COc1ccc(NC(C)=O)cc1NC(=O)c1cc(Cl)ccn1. The molecule has 0 bridgehead atoms. The maximum Gasteiger partial charge on any atom is 0.274 e. The Bertz CT molecular complexity index is 719. The van der Waals surface area contributed by atoms with Gasteiger partial charge < -0.3 is 15.4 Å². The number of aromatic nitrogens is 1. The topological polar surface area (TPSA) is 80.3 Å². The van der Waals surface area contributed by atoms with Crippen molar-refractivity contribution < 1.29 is 14.3 Å². The van der Waals surface area contributed by atoms with Crippen LogP contribution >= 0.6 is 11.6 Å². The summed E-state index contributed by atoms with van der Waals surface area (Å²) in [7, 11) is 1.49. The summed E-state index contributed by atoms with van der Waals surface area (Å²) >= 11 is 5.84. The standard InChI is InChI=1S/C15H14ClN3O3/c1-9(20)18-11-3-4-14(22-2)12(8-11)19-15(21)13-7-10(16)5-6-17-13/h3-8H,1-2H3,(H,18,20)(H,19,21). The molecule has 0 fully saturated rings. The number of methoxy groups -OCH3 is 1. The third kappa shape index (κ3) is 3.95. The van der Waals surface area contributed by atoms with Crippen molar-refractivity contribution in [1.82, 2.24) is 4.98 Å². The smallest absolute Gasteiger partial charge is 0.274 e. The lowest BCUT2D eigenvalue weighted by molar-refractivity contribution is -0.114. The van der Waals surface area contributed by atoms with Gasteiger partial charge in [0.05, 0.1) is 12.8 Å². The summed E-state index contributed by atoms with van der Waals surface area (Å²) in [5.74, 6) is -0.177. The van der Waals surface area contributed by atoms with E-state index in [9.17, 15) is 9.59 Å². The number of ether oxygens (including phenoxy) is 1. The largest absolute Gasteiger partial charge is 0.495 e. The van der Waals surface area contributed by atoms with Crippen LogP contribution in [-0.4, -0.2) is 23.9 Å². The van der Waals surface area contributed by atoms with Crippen LogP contribution in [0.1, 0.15) is 17.4 Å². The zero-order chi connectivity index (χ0) is 16.1. The second-order valence-electron chi connectivity index (χ2n) is 4.41. The molecule has 1 aromatic heterocycles. The third-order valence-electron chi connectivity index (χ3n) is 2.72. The van der Waals surface area contributed by atoms with Crippen LogP contribution in [0.4, 0.5) is 11.4 Å². The zero-order valence-corrected chi connectivity index (χ0v) is 12.8. The predicted molar refractivity (Wildman–Crippen MR) is 84.5 cm³/mol. The molecule has 114 valence electrons. The molecule has 0 aliphatic heterocycles. The molecular weight excluding hydrogens is 306 g/mol. The number of rotatable bonds is 4. The van der Waals surface area contributed by atoms with Gasteiger partial charge in [-0.3, -0.25) is 14.6 Å². The van der Waals surface area contributed by atoms with Crippen molar-refractivity contribution in [3.63, 3.8) is 0 Å². The van der Waals surface area contributed by atoms with Gasteiger partial charge in [0.2, 0.25) is 5.91 Å². The summed E-state index contributed by atoms with van der Waals surface area (Å²) < 4.78 is 5.19. The molecule has 0 spiro atoms. The Balaban J connectivity index is 2.26. The molecule has 7 heteroatoms. The highest BCUT2D eigenvalue weighted by molar-refractivity contribution is 6.31. The van der Waals surface area contributed by atoms with Crippen molar-refractivity contribution in [2.24, 2.45) is 0 Å². The quantitative estimate of drug-likeness (QED) is 0.908. The number of carbonyl (C=O) groups excluding carboxylic acids is 2. The fourth-order valence-electron chi connectivity index (χ4n) is 1.80. The van der Waals surface area contributed by atoms with Crippen LogP contribution in [0, 0.1) is 0 Å². The van der Waals surface area contributed by atoms with Crippen molar-refractivity contribution in [3.8, 4) is 5.75 Å². The van der Waals surface area contributed by atoms with Crippen LogP contribution in [0.15, 0.2) is 36.5 Å². The van der Waals surface area contributed by atoms with Crippen LogP contribution in [0.3, 0.4) is 0 Å². The van der Waals surface area contributed by atoms with E-state index in [1.807, 2.05) is 0 Å². The van der Waals surface area contributed by atoms with Crippen molar-refractivity contribution >= 4 is 34.8 Å². The van der Waals surface area contributed by atoms with Crippen molar-refractivity contribution in [1.29, 1.82) is 0 Å². The first-order chi connectivity index (χ1) is 10.5. The number of nitrogens with one attached hydrogen (secondary N) is 2. The Morgan fingerprint density at radius 1 is 1.18 bits per heavy atom. The molecule has 0 aliphatic rings. The van der Waals surface area contributed by atoms with Gasteiger partial charge in [0, 0.05) is 23.8 Å². The average molecular weight is 320 g/mol. The van der Waals surface area contributed by atoms with E-state index in [0.717, 1.165) is 0 Å². The highest BCUT2D eigenvalue weighted by Gasteiger charge is 2.12. The molecule has 2 N–H and O–H groups in total. The second kappa shape index (κ2) is 6.91. The predicted octanol–water partition coefficient (Wildman–Crippen LogP) is 2.95. The van der Waals surface area contributed by atoms with E-state index >= 15 is 0 Å². The molecule has 2 rings (SSSR count). The lowest BCUT2D eigenvalue weighted by Gasteiger charge is -2.12. The number of nitrogens with zero attached hydrogens (tertiary/aromatic N) is 1. The Morgan fingerprint density at radius 2 is 1.95 bits per heavy atom. The van der Waals surface area contributed by atoms with Crippen molar-refractivity contribution in [2.75, 3.05) is 17.7 Å². The Morgan fingerprint density at radius 3 is 2.59 bits per heavy atom. The molecule has 0 aliphatic carbocycles. The minimum atomic E-state index is -0.430. The number of amides is 2. The number of hydrogen-bond donors (Lipinski definition) is 2. The molecule has 1 aromatic carbocycles. The molecule has 22 heavy (non-hydrogen) atoms. The van der Waals surface area contributed by atoms with E-state index in [0.29, 0.717) is 22.1 Å². The number of pyridine rings is 1. The summed E-state index contributed by atoms with van der Waals surface area (Å²) in [5, 5.41) is 5.73. The van der Waals surface area contributed by atoms with Crippen molar-refractivity contribution in [2.45, 2.75) is 6.92 Å². The number of carbonyl (C=O) groups is 2. The van der Waals surface area contributed by atoms with Crippen LogP contribution in [0.25, 0.3) is 0 Å². The third-order valence-corrected chi connectivity index (χ3v) is 2.96. The van der Waals surface area contributed by atoms with Crippen LogP contribution in [0.2, 0.25) is 5.02 Å². The van der Waals surface area contributed by atoms with Gasteiger partial charge in [-0.1, -0.05) is 11.6 Å². The van der Waals surface area contributed by atoms with E-state index in [1.54, 1.807) is 24.3 Å². The van der Waals surface area contributed by atoms with E-state index in [4.69, 9.17) is 16.3 Å². The zero-order valence-electron chi connectivity index (χ0n) is 12.0. The van der Waals surface area contributed by atoms with Gasteiger partial charge in [0.15, 0.2) is 0 Å². The lowest BCUT2D eigenvalue weighted by Crippen LogP contribution is -2.14. The number of halogens is 1. The highest BCUT2D eigenvalue weighted by atomic mass is 35.5. The molecule has 0 unspecified atom stereocenters. The van der Waals surface area contributed by atoms with Gasteiger partial charge in [-0.15, -0.1) is 0 Å². The summed E-state index contributed by atoms with van der Waals surface area (Å²) in [4.78, 5) is 27.3. The van der Waals surface area contributed by atoms with Crippen LogP contribution in [0.5, 0.6) is 5.75 Å². The lowest BCUT2D eigenvalue weighted by atomic mass is 10.2. The maximum atomic E-state index is 12.2. The minimum Gasteiger partial charge on any atom is -0.495 e. The Labute approximate surface area is 132 Å². The first-order valence-corrected chi connectivity index (χ1v) is 6.76. The van der Waals surface area contributed by atoms with Gasteiger partial charge >= 0.3 is 0 Å². The molecule has 0 atom stereocenters. The molecular formula is C15H14ClN3O3. The number of hydrogen-bond acceptors (Lipinski definition) is 4. The number of benzene rings is 1. The average Bonchev–Trinajstić information content (AvgIpc) is 2.47. The van der Waals surface area contributed by atoms with Crippen LogP contribution in [-0.2, 0) is 4.79 Å². The molecule has 0 saturated carbocycles. The van der Waals surface area contributed by atoms with E-state index in [2.05, 4.69) is 15.6 Å². The van der Waals surface area contributed by atoms with E-state index < -0.39 is 5.91 Å². The van der Waals surface area contributed by atoms with Gasteiger partial charge in [0.25, 0.3) is 5.91 Å². The molecule has 2 amide bonds. The molecule has 1 heterocycles. The molecule has 6 nitrogen and oxygen atoms in total. The normalized spacial score (nSPS) is 9.95. The van der Waals surface area contributed by atoms with Gasteiger partial charge in [-0.05, 0) is 30.3 Å². The van der Waals surface area contributed by atoms with Gasteiger partial charge in [0.1, 0.15) is 11.4 Å². The first kappa shape index (κ1) is 15.8. The Hall–Kier alpha value is -2.60. The summed E-state index contributed by atoms with van der Waals surface area (Å²) in [6.45, 7) is 1.40. The summed E-state index contributed by atoms with van der Waals surface area (Å²) in [6, 6.07) is 7.96. The number of anilines is 2. The fourth-order valence-corrected chi connectivity index (χ4v) is 1.96. The van der Waals surface area contributed by atoms with Gasteiger partial charge in [-0.2, -0.15) is 0 Å². The minimum absolute atomic E-state index is 0.180. The molecule has 2 aromatic rings. The molecule has 0 saturated heterocycles. The highest BCUT2D eigenvalue weighted by Crippen LogP contribution is 2.28. The molecule has 0 radical (unpaired) electrons. The maximum absolute atomic E-state index is 12.2. The fraction of sp³-hybridized carbons (Fsp3) is 0.133. The van der Waals surface area contributed by atoms with Gasteiger partial charge in [-0.25, -0.2) is 0 Å². The summed E-state index contributed by atoms with van der Waals surface area (Å²) in [6.07, 6.45) is 1.45. The van der Waals surface area contributed by atoms with E-state index in [1.165, 1.54) is 26.3 Å². The van der Waals surface area contributed by atoms with Crippen molar-refractivity contribution in [3.05, 3.63) is 47.2 Å². The van der Waals surface area contributed by atoms with Crippen LogP contribution < -0.4 is 15.4 Å². The summed E-state index contributed by atoms with van der Waals surface area (Å²) in [5.41, 5.74) is 1.14.